The lowest BCUT2D eigenvalue weighted by molar-refractivity contribution is -0.662. The molecule has 0 N–H and O–H groups in total. The molecule has 0 atom stereocenters. The third kappa shape index (κ3) is 3.67. The molecule has 0 bridgehead atoms. The van der Waals surface area contributed by atoms with Crippen LogP contribution in [-0.2, 0) is 7.05 Å². The van der Waals surface area contributed by atoms with Crippen LogP contribution in [0.15, 0.2) is 89.5 Å². The summed E-state index contributed by atoms with van der Waals surface area (Å²) < 4.78 is 47.8. The van der Waals surface area contributed by atoms with Crippen LogP contribution in [-0.4, -0.2) is 0 Å². The lowest BCUT2D eigenvalue weighted by Gasteiger charge is -2.11. The Bertz CT molecular complexity index is 2040. The van der Waals surface area contributed by atoms with Crippen molar-refractivity contribution >= 4 is 21.9 Å². The van der Waals surface area contributed by atoms with Crippen molar-refractivity contribution in [2.45, 2.75) is 20.7 Å². The Balaban J connectivity index is 1.69. The molecule has 0 aliphatic heterocycles. The summed E-state index contributed by atoms with van der Waals surface area (Å²) in [5, 5.41) is 11.7. The smallest absolute Gasteiger partial charge is 0.216 e. The van der Waals surface area contributed by atoms with E-state index in [-0.39, 0.29) is 11.4 Å². The number of halogens is 1. The van der Waals surface area contributed by atoms with E-state index in [1.165, 1.54) is 6.20 Å². The van der Waals surface area contributed by atoms with E-state index in [0.717, 1.165) is 38.7 Å². The molecule has 0 aliphatic rings. The van der Waals surface area contributed by atoms with E-state index in [2.05, 4.69) is 6.07 Å². The molecule has 0 saturated carbocycles. The summed E-state index contributed by atoms with van der Waals surface area (Å²) in [5.74, 6) is -0.303. The number of hydrogen-bond acceptors (Lipinski definition) is 2. The second-order valence-electron chi connectivity index (χ2n) is 9.64. The van der Waals surface area contributed by atoms with Crippen molar-refractivity contribution in [3.8, 4) is 39.6 Å². The first-order chi connectivity index (χ1) is 19.6. The van der Waals surface area contributed by atoms with Gasteiger partial charge in [-0.15, -0.1) is 0 Å². The first kappa shape index (κ1) is 20.3. The van der Waals surface area contributed by atoms with Crippen LogP contribution in [0.2, 0.25) is 0 Å². The van der Waals surface area contributed by atoms with Gasteiger partial charge in [0, 0.05) is 26.5 Å². The van der Waals surface area contributed by atoms with Crippen molar-refractivity contribution in [3.05, 3.63) is 113 Å². The fourth-order valence-corrected chi connectivity index (χ4v) is 5.22. The van der Waals surface area contributed by atoms with Crippen molar-refractivity contribution in [1.82, 2.24) is 0 Å². The Morgan fingerprint density at radius 2 is 1.55 bits per heavy atom. The van der Waals surface area contributed by atoms with E-state index in [4.69, 9.17) is 8.53 Å². The molecule has 0 unspecified atom stereocenters. The highest BCUT2D eigenvalue weighted by molar-refractivity contribution is 6.14. The molecule has 4 heteroatoms. The summed E-state index contributed by atoms with van der Waals surface area (Å²) in [7, 11) is 1.79. The standard InChI is InChI=1S/C34H26FN2O/c1-20-10-13-27-28-15-12-25(18-36)32(26-14-11-24(16-21(26)2)23-8-6-5-7-9-23)34(28)38-33(27)31(20)30-17-22(3)29(35)19-37(30)4/h5-17,19H,1-4H3/q+1/i2D3. The van der Waals surface area contributed by atoms with Crippen LogP contribution in [0, 0.1) is 37.8 Å². The highest BCUT2D eigenvalue weighted by Gasteiger charge is 2.24. The molecule has 0 aliphatic carbocycles. The summed E-state index contributed by atoms with van der Waals surface area (Å²) in [6.45, 7) is 1.25. The fourth-order valence-electron chi connectivity index (χ4n) is 5.22. The van der Waals surface area contributed by atoms with E-state index in [9.17, 15) is 9.65 Å². The predicted octanol–water partition coefficient (Wildman–Crippen LogP) is 8.35. The summed E-state index contributed by atoms with van der Waals surface area (Å²) in [5.41, 5.74) is 7.06. The fraction of sp³-hybridized carbons (Fsp3) is 0.118. The van der Waals surface area contributed by atoms with E-state index in [1.54, 1.807) is 42.8 Å². The van der Waals surface area contributed by atoms with Crippen LogP contribution in [0.4, 0.5) is 4.39 Å². The maximum absolute atomic E-state index is 14.3. The van der Waals surface area contributed by atoms with Crippen LogP contribution in [0.25, 0.3) is 55.4 Å². The highest BCUT2D eigenvalue weighted by atomic mass is 19.1. The predicted molar refractivity (Wildman–Crippen MR) is 150 cm³/mol. The molecule has 0 spiro atoms. The lowest BCUT2D eigenvalue weighted by atomic mass is 9.91. The number of pyridine rings is 1. The van der Waals surface area contributed by atoms with Gasteiger partial charge in [0.05, 0.1) is 17.2 Å². The van der Waals surface area contributed by atoms with Crippen LogP contribution in [0.3, 0.4) is 0 Å². The minimum absolute atomic E-state index is 0.139. The number of aromatic nitrogens is 1. The molecular weight excluding hydrogens is 471 g/mol. The van der Waals surface area contributed by atoms with Crippen molar-refractivity contribution in [1.29, 1.82) is 5.26 Å². The second kappa shape index (κ2) is 8.97. The van der Waals surface area contributed by atoms with Crippen LogP contribution in [0.1, 0.15) is 26.4 Å². The zero-order valence-corrected chi connectivity index (χ0v) is 21.3. The molecule has 0 amide bonds. The number of nitriles is 1. The van der Waals surface area contributed by atoms with E-state index in [0.29, 0.717) is 33.4 Å². The first-order valence-electron chi connectivity index (χ1n) is 13.8. The van der Waals surface area contributed by atoms with E-state index < -0.39 is 6.85 Å². The van der Waals surface area contributed by atoms with Gasteiger partial charge in [0.15, 0.2) is 5.82 Å². The third-order valence-corrected chi connectivity index (χ3v) is 7.21. The summed E-state index contributed by atoms with van der Waals surface area (Å²) in [4.78, 5) is 0. The highest BCUT2D eigenvalue weighted by Crippen LogP contribution is 2.43. The number of benzene rings is 4. The zero-order chi connectivity index (χ0) is 29.1. The van der Waals surface area contributed by atoms with Crippen molar-refractivity contribution in [2.24, 2.45) is 7.05 Å². The first-order valence-corrected chi connectivity index (χ1v) is 12.3. The summed E-state index contributed by atoms with van der Waals surface area (Å²) in [6.07, 6.45) is 1.45. The van der Waals surface area contributed by atoms with Crippen molar-refractivity contribution in [3.63, 3.8) is 0 Å². The van der Waals surface area contributed by atoms with Gasteiger partial charge in [-0.1, -0.05) is 60.7 Å². The minimum atomic E-state index is -2.44. The topological polar surface area (TPSA) is 40.8 Å². The molecule has 6 aromatic rings. The van der Waals surface area contributed by atoms with E-state index in [1.807, 2.05) is 61.5 Å². The van der Waals surface area contributed by atoms with E-state index >= 15 is 0 Å². The number of furan rings is 1. The van der Waals surface area contributed by atoms with Gasteiger partial charge in [-0.3, -0.25) is 0 Å². The van der Waals surface area contributed by atoms with Crippen molar-refractivity contribution in [2.75, 3.05) is 0 Å². The normalized spacial score (nSPS) is 12.8. The number of rotatable bonds is 3. The molecule has 0 fully saturated rings. The Hall–Kier alpha value is -4.75. The SMILES string of the molecule is [2H]C([2H])([2H])c1cc(-c2ccccc2)ccc1-c1c(C#N)ccc2c1oc1c(-c3cc(C)c(F)c[n+]3C)c(C)ccc12. The lowest BCUT2D eigenvalue weighted by Crippen LogP contribution is -2.31. The Morgan fingerprint density at radius 1 is 0.816 bits per heavy atom. The van der Waals surface area contributed by atoms with Gasteiger partial charge in [-0.2, -0.15) is 9.83 Å². The molecule has 38 heavy (non-hydrogen) atoms. The number of hydrogen-bond donors (Lipinski definition) is 0. The molecular formula is C34H26FN2O+. The summed E-state index contributed by atoms with van der Waals surface area (Å²) >= 11 is 0. The van der Waals surface area contributed by atoms with Gasteiger partial charge in [-0.05, 0) is 66.2 Å². The average Bonchev–Trinajstić information content (AvgIpc) is 3.33. The second-order valence-corrected chi connectivity index (χ2v) is 9.64. The minimum Gasteiger partial charge on any atom is -0.454 e. The monoisotopic (exact) mass is 500 g/mol. The van der Waals surface area contributed by atoms with Crippen LogP contribution < -0.4 is 4.57 Å². The van der Waals surface area contributed by atoms with Gasteiger partial charge >= 0.3 is 0 Å². The Morgan fingerprint density at radius 3 is 2.29 bits per heavy atom. The van der Waals surface area contributed by atoms with Crippen LogP contribution >= 0.6 is 0 Å². The number of aryl methyl sites for hydroxylation is 4. The molecule has 0 saturated heterocycles. The van der Waals surface area contributed by atoms with Gasteiger partial charge in [-0.25, -0.2) is 4.39 Å². The van der Waals surface area contributed by atoms with Crippen molar-refractivity contribution < 1.29 is 17.5 Å². The molecule has 4 aromatic carbocycles. The number of nitrogens with zero attached hydrogens (tertiary/aromatic N) is 2. The quantitative estimate of drug-likeness (QED) is 0.229. The Labute approximate surface area is 225 Å². The molecule has 0 radical (unpaired) electrons. The molecule has 184 valence electrons. The van der Waals surface area contributed by atoms with Gasteiger partial charge in [0.1, 0.15) is 18.2 Å². The van der Waals surface area contributed by atoms with Crippen LogP contribution in [0.5, 0.6) is 0 Å². The Kier molecular flexibility index (Phi) is 4.80. The maximum Gasteiger partial charge on any atom is 0.216 e. The average molecular weight is 501 g/mol. The van der Waals surface area contributed by atoms with Gasteiger partial charge in [0.2, 0.25) is 11.9 Å². The molecule has 6 rings (SSSR count). The zero-order valence-electron chi connectivity index (χ0n) is 24.3. The number of fused-ring (bicyclic) bond motifs is 3. The van der Waals surface area contributed by atoms with Gasteiger partial charge in [0.25, 0.3) is 0 Å². The summed E-state index contributed by atoms with van der Waals surface area (Å²) in [6, 6.07) is 26.5. The third-order valence-electron chi connectivity index (χ3n) is 7.21. The molecule has 2 aromatic heterocycles. The molecule has 2 heterocycles. The van der Waals surface area contributed by atoms with Gasteiger partial charge < -0.3 is 4.42 Å². The maximum atomic E-state index is 14.3. The largest absolute Gasteiger partial charge is 0.454 e. The molecule has 3 nitrogen and oxygen atoms in total.